The Morgan fingerprint density at radius 2 is 2.11 bits per heavy atom. The van der Waals surface area contributed by atoms with Gasteiger partial charge in [0.2, 0.25) is 0 Å². The van der Waals surface area contributed by atoms with Crippen molar-refractivity contribution >= 4 is 17.2 Å². The highest BCUT2D eigenvalue weighted by molar-refractivity contribution is 7.80. The second kappa shape index (κ2) is 5.71. The molecule has 0 aliphatic heterocycles. The van der Waals surface area contributed by atoms with Gasteiger partial charge in [0.25, 0.3) is 0 Å². The molecule has 0 amide bonds. The second-order valence-electron chi connectivity index (χ2n) is 4.21. The van der Waals surface area contributed by atoms with Gasteiger partial charge in [-0.05, 0) is 26.1 Å². The van der Waals surface area contributed by atoms with Crippen LogP contribution < -0.4 is 5.73 Å². The lowest BCUT2D eigenvalue weighted by Gasteiger charge is -2.24. The van der Waals surface area contributed by atoms with Crippen LogP contribution in [-0.2, 0) is 6.54 Å². The number of hydrogen-bond donors (Lipinski definition) is 1. The summed E-state index contributed by atoms with van der Waals surface area (Å²) in [5.74, 6) is -0.465. The van der Waals surface area contributed by atoms with Gasteiger partial charge in [0.1, 0.15) is 17.4 Å². The van der Waals surface area contributed by atoms with Crippen LogP contribution in [-0.4, -0.2) is 29.7 Å². The van der Waals surface area contributed by atoms with E-state index >= 15 is 0 Å². The predicted octanol–water partition coefficient (Wildman–Crippen LogP) is 2.48. The molecule has 1 unspecified atom stereocenters. The Balaban J connectivity index is 2.62. The number of rotatable bonds is 5. The smallest absolute Gasteiger partial charge is 0.399 e. The number of thiocarbonyl (C=S) groups is 1. The molecule has 1 aromatic heterocycles. The van der Waals surface area contributed by atoms with E-state index in [0.717, 1.165) is 5.76 Å². The Labute approximate surface area is 109 Å². The Morgan fingerprint density at radius 1 is 1.50 bits per heavy atom. The Hall–Kier alpha value is -1.08. The molecule has 0 radical (unpaired) electrons. The lowest BCUT2D eigenvalue weighted by atomic mass is 10.1. The van der Waals surface area contributed by atoms with Gasteiger partial charge < -0.3 is 10.2 Å². The minimum atomic E-state index is -4.42. The molecule has 1 atom stereocenters. The fourth-order valence-corrected chi connectivity index (χ4v) is 1.78. The number of hydrogen-bond acceptors (Lipinski definition) is 3. The molecular formula is C11H15F3N2OS. The van der Waals surface area contributed by atoms with Crippen molar-refractivity contribution in [1.29, 1.82) is 0 Å². The van der Waals surface area contributed by atoms with E-state index in [1.165, 1.54) is 4.90 Å². The molecule has 0 saturated carbocycles. The summed E-state index contributed by atoms with van der Waals surface area (Å²) in [4.78, 5) is 0.945. The van der Waals surface area contributed by atoms with Crippen molar-refractivity contribution in [3.8, 4) is 0 Å². The molecule has 0 aliphatic rings. The zero-order valence-electron chi connectivity index (χ0n) is 10.1. The van der Waals surface area contributed by atoms with Crippen LogP contribution >= 0.6 is 12.2 Å². The average Bonchev–Trinajstić information content (AvgIpc) is 2.58. The second-order valence-corrected chi connectivity index (χ2v) is 4.68. The van der Waals surface area contributed by atoms with Crippen molar-refractivity contribution in [2.75, 3.05) is 13.6 Å². The summed E-state index contributed by atoms with van der Waals surface area (Å²) in [6.07, 6.45) is -4.42. The minimum Gasteiger partial charge on any atom is -0.465 e. The van der Waals surface area contributed by atoms with Gasteiger partial charge in [0, 0.05) is 6.54 Å². The molecule has 7 heteroatoms. The Kier molecular flexibility index (Phi) is 4.75. The summed E-state index contributed by atoms with van der Waals surface area (Å²) in [5, 5.41) is 0. The van der Waals surface area contributed by atoms with E-state index in [4.69, 9.17) is 10.2 Å². The maximum absolute atomic E-state index is 12.7. The van der Waals surface area contributed by atoms with Crippen LogP contribution in [0, 0.1) is 12.8 Å². The SMILES string of the molecule is Cc1ccc(CN(C)CC(C(N)=S)C(F)(F)F)o1. The molecule has 0 bridgehead atoms. The number of halogens is 3. The van der Waals surface area contributed by atoms with Gasteiger partial charge >= 0.3 is 6.18 Å². The quantitative estimate of drug-likeness (QED) is 0.841. The number of alkyl halides is 3. The number of furan rings is 1. The average molecular weight is 280 g/mol. The standard InChI is InChI=1S/C11H15F3N2OS/c1-7-3-4-8(17-7)5-16(2)6-9(10(15)18)11(12,13)14/h3-4,9H,5-6H2,1-2H3,(H2,15,18). The van der Waals surface area contributed by atoms with E-state index in [9.17, 15) is 13.2 Å². The molecule has 102 valence electrons. The molecule has 2 N–H and O–H groups in total. The van der Waals surface area contributed by atoms with Crippen molar-refractivity contribution in [3.05, 3.63) is 23.7 Å². The third kappa shape index (κ3) is 4.30. The van der Waals surface area contributed by atoms with Crippen LogP contribution in [0.5, 0.6) is 0 Å². The molecule has 1 rings (SSSR count). The van der Waals surface area contributed by atoms with Gasteiger partial charge in [-0.3, -0.25) is 4.90 Å². The largest absolute Gasteiger partial charge is 0.465 e. The van der Waals surface area contributed by atoms with Crippen molar-refractivity contribution in [3.63, 3.8) is 0 Å². The molecule has 0 aromatic carbocycles. The highest BCUT2D eigenvalue weighted by Gasteiger charge is 2.42. The van der Waals surface area contributed by atoms with E-state index in [1.807, 2.05) is 0 Å². The van der Waals surface area contributed by atoms with E-state index in [-0.39, 0.29) is 13.1 Å². The third-order valence-corrected chi connectivity index (χ3v) is 2.74. The Morgan fingerprint density at radius 3 is 2.50 bits per heavy atom. The first-order valence-corrected chi connectivity index (χ1v) is 5.71. The molecule has 0 fully saturated rings. The maximum Gasteiger partial charge on any atom is 0.399 e. The maximum atomic E-state index is 12.7. The van der Waals surface area contributed by atoms with E-state index in [0.29, 0.717) is 5.76 Å². The van der Waals surface area contributed by atoms with Crippen LogP contribution in [0.3, 0.4) is 0 Å². The summed E-state index contributed by atoms with van der Waals surface area (Å²) in [6, 6.07) is 3.49. The molecule has 0 saturated heterocycles. The van der Waals surface area contributed by atoms with Gasteiger partial charge in [-0.1, -0.05) is 12.2 Å². The predicted molar refractivity (Wildman–Crippen MR) is 66.1 cm³/mol. The molecule has 0 aliphatic carbocycles. The van der Waals surface area contributed by atoms with Gasteiger partial charge in [-0.15, -0.1) is 0 Å². The van der Waals surface area contributed by atoms with Gasteiger partial charge in [0.05, 0.1) is 11.5 Å². The first kappa shape index (κ1) is 15.0. The van der Waals surface area contributed by atoms with Crippen LogP contribution in [0.25, 0.3) is 0 Å². The summed E-state index contributed by atoms with van der Waals surface area (Å²) in [6.45, 7) is 1.78. The van der Waals surface area contributed by atoms with E-state index in [1.54, 1.807) is 26.1 Å². The summed E-state index contributed by atoms with van der Waals surface area (Å²) in [5.41, 5.74) is 5.13. The summed E-state index contributed by atoms with van der Waals surface area (Å²) < 4.78 is 43.3. The zero-order chi connectivity index (χ0) is 13.9. The van der Waals surface area contributed by atoms with Gasteiger partial charge in [0.15, 0.2) is 0 Å². The van der Waals surface area contributed by atoms with Crippen LogP contribution in [0.2, 0.25) is 0 Å². The van der Waals surface area contributed by atoms with E-state index in [2.05, 4.69) is 12.2 Å². The summed E-state index contributed by atoms with van der Waals surface area (Å²) in [7, 11) is 1.56. The molecule has 1 heterocycles. The number of aryl methyl sites for hydroxylation is 1. The molecular weight excluding hydrogens is 265 g/mol. The molecule has 1 aromatic rings. The molecule has 3 nitrogen and oxygen atoms in total. The van der Waals surface area contributed by atoms with Crippen LogP contribution in [0.15, 0.2) is 16.5 Å². The van der Waals surface area contributed by atoms with Crippen molar-refractivity contribution in [1.82, 2.24) is 4.90 Å². The lowest BCUT2D eigenvalue weighted by molar-refractivity contribution is -0.158. The first-order valence-electron chi connectivity index (χ1n) is 5.30. The zero-order valence-corrected chi connectivity index (χ0v) is 10.9. The van der Waals surface area contributed by atoms with Crippen LogP contribution in [0.4, 0.5) is 13.2 Å². The fraction of sp³-hybridized carbons (Fsp3) is 0.545. The Bertz CT molecular complexity index is 417. The molecule has 0 spiro atoms. The highest BCUT2D eigenvalue weighted by atomic mass is 32.1. The van der Waals surface area contributed by atoms with Gasteiger partial charge in [-0.25, -0.2) is 0 Å². The fourth-order valence-electron chi connectivity index (χ4n) is 1.57. The minimum absolute atomic E-state index is 0.279. The monoisotopic (exact) mass is 280 g/mol. The van der Waals surface area contributed by atoms with Gasteiger partial charge in [-0.2, -0.15) is 13.2 Å². The highest BCUT2D eigenvalue weighted by Crippen LogP contribution is 2.27. The lowest BCUT2D eigenvalue weighted by Crippen LogP contribution is -2.42. The number of nitrogens with zero attached hydrogens (tertiary/aromatic N) is 1. The topological polar surface area (TPSA) is 42.4 Å². The van der Waals surface area contributed by atoms with E-state index < -0.39 is 17.1 Å². The normalized spacial score (nSPS) is 13.9. The van der Waals surface area contributed by atoms with Crippen molar-refractivity contribution < 1.29 is 17.6 Å². The number of nitrogens with two attached hydrogens (primary N) is 1. The first-order chi connectivity index (χ1) is 8.20. The van der Waals surface area contributed by atoms with Crippen LogP contribution in [0.1, 0.15) is 11.5 Å². The van der Waals surface area contributed by atoms with Crippen molar-refractivity contribution in [2.45, 2.75) is 19.6 Å². The molecule has 18 heavy (non-hydrogen) atoms. The van der Waals surface area contributed by atoms with Crippen molar-refractivity contribution in [2.24, 2.45) is 11.7 Å². The summed E-state index contributed by atoms with van der Waals surface area (Å²) >= 11 is 4.46. The third-order valence-electron chi connectivity index (χ3n) is 2.45.